The van der Waals surface area contributed by atoms with Crippen molar-refractivity contribution < 1.29 is 4.39 Å². The molecule has 2 heterocycles. The number of halogens is 3. The molecule has 28 heavy (non-hydrogen) atoms. The summed E-state index contributed by atoms with van der Waals surface area (Å²) in [5.41, 5.74) is 0.879. The molecule has 7 heteroatoms. The van der Waals surface area contributed by atoms with Crippen LogP contribution in [0, 0.1) is 5.82 Å². The molecule has 0 atom stereocenters. The molecule has 1 aliphatic heterocycles. The first kappa shape index (κ1) is 19.0. The Morgan fingerprint density at radius 2 is 1.64 bits per heavy atom. The summed E-state index contributed by atoms with van der Waals surface area (Å²) in [7, 11) is 0. The van der Waals surface area contributed by atoms with Crippen molar-refractivity contribution in [3.8, 4) is 17.1 Å². The van der Waals surface area contributed by atoms with Crippen LogP contribution in [0.4, 0.5) is 10.2 Å². The van der Waals surface area contributed by atoms with E-state index in [4.69, 9.17) is 28.2 Å². The Bertz CT molecular complexity index is 1060. The van der Waals surface area contributed by atoms with Gasteiger partial charge in [-0.3, -0.25) is 9.36 Å². The van der Waals surface area contributed by atoms with Crippen molar-refractivity contribution in [2.45, 2.75) is 19.3 Å². The summed E-state index contributed by atoms with van der Waals surface area (Å²) in [5, 5.41) is 0.765. The zero-order valence-electron chi connectivity index (χ0n) is 15.0. The molecular weight excluding hydrogens is 400 g/mol. The molecule has 4 rings (SSSR count). The van der Waals surface area contributed by atoms with Crippen molar-refractivity contribution in [1.29, 1.82) is 0 Å². The molecule has 0 amide bonds. The Kier molecular flexibility index (Phi) is 5.38. The van der Waals surface area contributed by atoms with Crippen LogP contribution in [-0.4, -0.2) is 22.6 Å². The summed E-state index contributed by atoms with van der Waals surface area (Å²) >= 11 is 12.3. The van der Waals surface area contributed by atoms with Crippen molar-refractivity contribution in [1.82, 2.24) is 9.55 Å². The highest BCUT2D eigenvalue weighted by atomic mass is 35.5. The normalized spacial score (nSPS) is 14.3. The van der Waals surface area contributed by atoms with E-state index in [9.17, 15) is 9.18 Å². The van der Waals surface area contributed by atoms with Crippen LogP contribution < -0.4 is 10.5 Å². The smallest absolute Gasteiger partial charge is 0.260 e. The highest BCUT2D eigenvalue weighted by molar-refractivity contribution is 6.33. The predicted octanol–water partition coefficient (Wildman–Crippen LogP) is 5.34. The molecular formula is C21H18Cl2FN3O. The minimum Gasteiger partial charge on any atom is -0.356 e. The molecule has 0 bridgehead atoms. The number of piperidine rings is 1. The largest absolute Gasteiger partial charge is 0.356 e. The van der Waals surface area contributed by atoms with Crippen LogP contribution in [0.25, 0.3) is 17.1 Å². The molecule has 144 valence electrons. The summed E-state index contributed by atoms with van der Waals surface area (Å²) in [6.07, 6.45) is 3.30. The van der Waals surface area contributed by atoms with Gasteiger partial charge in [-0.25, -0.2) is 9.37 Å². The topological polar surface area (TPSA) is 38.1 Å². The summed E-state index contributed by atoms with van der Waals surface area (Å²) in [5.74, 6) is 0.548. The van der Waals surface area contributed by atoms with Gasteiger partial charge in [0.25, 0.3) is 5.56 Å². The molecule has 0 N–H and O–H groups in total. The second kappa shape index (κ2) is 7.94. The van der Waals surface area contributed by atoms with Gasteiger partial charge in [-0.1, -0.05) is 23.2 Å². The first-order valence-electron chi connectivity index (χ1n) is 9.13. The maximum absolute atomic E-state index is 13.6. The molecule has 1 aromatic heterocycles. The third kappa shape index (κ3) is 3.77. The predicted molar refractivity (Wildman–Crippen MR) is 111 cm³/mol. The lowest BCUT2D eigenvalue weighted by atomic mass is 10.1. The van der Waals surface area contributed by atoms with E-state index in [1.54, 1.807) is 36.4 Å². The highest BCUT2D eigenvalue weighted by Gasteiger charge is 2.19. The lowest BCUT2D eigenvalue weighted by Gasteiger charge is -2.28. The number of benzene rings is 2. The summed E-state index contributed by atoms with van der Waals surface area (Å²) in [6, 6.07) is 12.5. The summed E-state index contributed by atoms with van der Waals surface area (Å²) in [4.78, 5) is 20.0. The van der Waals surface area contributed by atoms with Crippen LogP contribution in [0.3, 0.4) is 0 Å². The van der Waals surface area contributed by atoms with Crippen molar-refractivity contribution in [3.63, 3.8) is 0 Å². The lowest BCUT2D eigenvalue weighted by molar-refractivity contribution is 0.572. The monoisotopic (exact) mass is 417 g/mol. The van der Waals surface area contributed by atoms with Crippen LogP contribution in [0.15, 0.2) is 53.3 Å². The van der Waals surface area contributed by atoms with E-state index in [0.29, 0.717) is 27.9 Å². The van der Waals surface area contributed by atoms with E-state index < -0.39 is 5.82 Å². The average molecular weight is 418 g/mol. The Morgan fingerprint density at radius 3 is 2.32 bits per heavy atom. The van der Waals surface area contributed by atoms with E-state index in [2.05, 4.69) is 4.90 Å². The van der Waals surface area contributed by atoms with Crippen molar-refractivity contribution in [2.24, 2.45) is 0 Å². The fourth-order valence-electron chi connectivity index (χ4n) is 3.45. The van der Waals surface area contributed by atoms with Gasteiger partial charge in [0.2, 0.25) is 0 Å². The Labute approximate surface area is 172 Å². The second-order valence-corrected chi connectivity index (χ2v) is 7.60. The third-order valence-electron chi connectivity index (χ3n) is 4.84. The van der Waals surface area contributed by atoms with E-state index in [0.717, 1.165) is 25.9 Å². The third-order valence-corrected chi connectivity index (χ3v) is 5.41. The average Bonchev–Trinajstić information content (AvgIpc) is 2.69. The minimum absolute atomic E-state index is 0.199. The van der Waals surface area contributed by atoms with Crippen molar-refractivity contribution in [2.75, 3.05) is 18.0 Å². The molecule has 1 aliphatic rings. The number of hydrogen-bond acceptors (Lipinski definition) is 3. The number of aromatic nitrogens is 2. The maximum atomic E-state index is 13.6. The van der Waals surface area contributed by atoms with Crippen LogP contribution in [-0.2, 0) is 0 Å². The number of hydrogen-bond donors (Lipinski definition) is 0. The number of nitrogens with zero attached hydrogens (tertiary/aromatic N) is 3. The van der Waals surface area contributed by atoms with Gasteiger partial charge >= 0.3 is 0 Å². The second-order valence-electron chi connectivity index (χ2n) is 6.76. The molecule has 1 saturated heterocycles. The van der Waals surface area contributed by atoms with Gasteiger partial charge < -0.3 is 4.90 Å². The summed E-state index contributed by atoms with van der Waals surface area (Å²) < 4.78 is 15.1. The van der Waals surface area contributed by atoms with Crippen LogP contribution in [0.5, 0.6) is 0 Å². The first-order valence-corrected chi connectivity index (χ1v) is 9.89. The fraction of sp³-hybridized carbons (Fsp3) is 0.238. The Hall–Kier alpha value is -2.37. The Morgan fingerprint density at radius 1 is 0.929 bits per heavy atom. The molecule has 0 spiro atoms. The standard InChI is InChI=1S/C21H18Cl2FN3O/c22-14-4-7-16(8-5-14)27-20(28)13-19(26-10-2-1-3-11-26)25-21(27)17-9-6-15(24)12-18(17)23/h4-9,12-13H,1-3,10-11H2. The lowest BCUT2D eigenvalue weighted by Crippen LogP contribution is -2.32. The number of anilines is 1. The van der Waals surface area contributed by atoms with Gasteiger partial charge in [-0.05, 0) is 61.7 Å². The first-order chi connectivity index (χ1) is 13.5. The van der Waals surface area contributed by atoms with E-state index >= 15 is 0 Å². The molecule has 4 nitrogen and oxygen atoms in total. The quantitative estimate of drug-likeness (QED) is 0.577. The molecule has 3 aromatic rings. The molecule has 0 saturated carbocycles. The van der Waals surface area contributed by atoms with Gasteiger partial charge in [0, 0.05) is 29.7 Å². The van der Waals surface area contributed by atoms with E-state index in [-0.39, 0.29) is 10.6 Å². The Balaban J connectivity index is 1.94. The van der Waals surface area contributed by atoms with Crippen LogP contribution in [0.1, 0.15) is 19.3 Å². The maximum Gasteiger partial charge on any atom is 0.260 e. The van der Waals surface area contributed by atoms with Crippen LogP contribution in [0.2, 0.25) is 10.0 Å². The zero-order valence-corrected chi connectivity index (χ0v) is 16.5. The van der Waals surface area contributed by atoms with E-state index in [1.807, 2.05) is 0 Å². The van der Waals surface area contributed by atoms with Gasteiger partial charge in [0.1, 0.15) is 11.6 Å². The fourth-order valence-corrected chi connectivity index (χ4v) is 3.82. The van der Waals surface area contributed by atoms with Gasteiger partial charge in [-0.15, -0.1) is 0 Å². The molecule has 2 aromatic carbocycles. The highest BCUT2D eigenvalue weighted by Crippen LogP contribution is 2.30. The van der Waals surface area contributed by atoms with Crippen molar-refractivity contribution >= 4 is 29.0 Å². The van der Waals surface area contributed by atoms with E-state index in [1.165, 1.54) is 23.1 Å². The number of rotatable bonds is 3. The molecule has 0 unspecified atom stereocenters. The SMILES string of the molecule is O=c1cc(N2CCCCC2)nc(-c2ccc(F)cc2Cl)n1-c1ccc(Cl)cc1. The van der Waals surface area contributed by atoms with Crippen molar-refractivity contribution in [3.05, 3.63) is 74.7 Å². The summed E-state index contributed by atoms with van der Waals surface area (Å²) in [6.45, 7) is 1.71. The minimum atomic E-state index is -0.443. The molecule has 0 radical (unpaired) electrons. The van der Waals surface area contributed by atoms with Gasteiger partial charge in [-0.2, -0.15) is 0 Å². The zero-order chi connectivity index (χ0) is 19.7. The van der Waals surface area contributed by atoms with Gasteiger partial charge in [0.05, 0.1) is 10.7 Å². The van der Waals surface area contributed by atoms with Gasteiger partial charge in [0.15, 0.2) is 5.82 Å². The molecule has 0 aliphatic carbocycles. The van der Waals surface area contributed by atoms with Crippen LogP contribution >= 0.6 is 23.2 Å². The molecule has 1 fully saturated rings.